The largest absolute Gasteiger partial charge is 0.289 e. The van der Waals surface area contributed by atoms with Gasteiger partial charge >= 0.3 is 0 Å². The number of aryl methyl sites for hydroxylation is 1. The van der Waals surface area contributed by atoms with Crippen molar-refractivity contribution in [1.82, 2.24) is 24.1 Å². The lowest BCUT2D eigenvalue weighted by molar-refractivity contribution is 0.784. The normalized spacial score (nSPS) is 11.4. The summed E-state index contributed by atoms with van der Waals surface area (Å²) in [7, 11) is 1.88. The van der Waals surface area contributed by atoms with E-state index in [1.165, 1.54) is 0 Å². The Balaban J connectivity index is 2.04. The summed E-state index contributed by atoms with van der Waals surface area (Å²) in [4.78, 5) is 9.09. The van der Waals surface area contributed by atoms with E-state index in [2.05, 4.69) is 22.2 Å². The van der Waals surface area contributed by atoms with Gasteiger partial charge in [-0.25, -0.2) is 9.97 Å². The first-order valence-electron chi connectivity index (χ1n) is 6.04. The van der Waals surface area contributed by atoms with E-state index in [0.717, 1.165) is 27.9 Å². The molecule has 0 N–H and O–H groups in total. The molecule has 0 saturated heterocycles. The van der Waals surface area contributed by atoms with E-state index in [0.29, 0.717) is 0 Å². The number of nitrogens with zero attached hydrogens (tertiary/aromatic N) is 5. The third kappa shape index (κ3) is 1.45. The van der Waals surface area contributed by atoms with Crippen molar-refractivity contribution in [2.24, 2.45) is 7.05 Å². The molecule has 0 amide bonds. The maximum atomic E-state index is 4.69. The molecule has 0 aliphatic rings. The Kier molecular flexibility index (Phi) is 1.97. The zero-order valence-electron chi connectivity index (χ0n) is 10.4. The number of rotatable bonds is 1. The highest BCUT2D eigenvalue weighted by Gasteiger charge is 2.10. The van der Waals surface area contributed by atoms with Crippen LogP contribution in [-0.2, 0) is 7.05 Å². The minimum atomic E-state index is 0.845. The minimum absolute atomic E-state index is 0.845. The number of hydrogen-bond acceptors (Lipinski definition) is 3. The molecule has 5 nitrogen and oxygen atoms in total. The van der Waals surface area contributed by atoms with Crippen LogP contribution in [0.1, 0.15) is 0 Å². The van der Waals surface area contributed by atoms with Gasteiger partial charge in [-0.3, -0.25) is 9.08 Å². The molecule has 0 spiro atoms. The van der Waals surface area contributed by atoms with Crippen molar-refractivity contribution in [3.8, 4) is 11.3 Å². The van der Waals surface area contributed by atoms with E-state index in [1.807, 2.05) is 35.8 Å². The van der Waals surface area contributed by atoms with Crippen LogP contribution in [0, 0.1) is 0 Å². The van der Waals surface area contributed by atoms with Crippen molar-refractivity contribution in [3.05, 3.63) is 49.1 Å². The maximum Gasteiger partial charge on any atom is 0.162 e. The second-order valence-corrected chi connectivity index (χ2v) is 4.47. The first kappa shape index (κ1) is 10.3. The summed E-state index contributed by atoms with van der Waals surface area (Å²) < 4.78 is 3.69. The molecule has 0 bridgehead atoms. The minimum Gasteiger partial charge on any atom is -0.289 e. The van der Waals surface area contributed by atoms with Crippen LogP contribution in [0.5, 0.6) is 0 Å². The maximum absolute atomic E-state index is 4.69. The molecule has 1 aromatic carbocycles. The van der Waals surface area contributed by atoms with Crippen LogP contribution < -0.4 is 0 Å². The lowest BCUT2D eigenvalue weighted by atomic mass is 10.2. The van der Waals surface area contributed by atoms with Gasteiger partial charge in [-0.15, -0.1) is 0 Å². The van der Waals surface area contributed by atoms with Crippen molar-refractivity contribution in [1.29, 1.82) is 0 Å². The lowest BCUT2D eigenvalue weighted by Gasteiger charge is -1.94. The van der Waals surface area contributed by atoms with Crippen molar-refractivity contribution in [2.45, 2.75) is 0 Å². The van der Waals surface area contributed by atoms with Crippen LogP contribution in [0.2, 0.25) is 0 Å². The van der Waals surface area contributed by atoms with E-state index in [9.17, 15) is 0 Å². The molecule has 0 unspecified atom stereocenters. The molecule has 4 aromatic rings. The van der Waals surface area contributed by atoms with Gasteiger partial charge in [0.2, 0.25) is 0 Å². The number of fused-ring (bicyclic) bond motifs is 3. The standard InChI is InChI=1S/C14H11N5/c1-18-13-11(7-16-18)14-17-12(8-19(14)9-15-13)10-5-3-2-4-6-10/h2-9H,1H3. The molecule has 3 aromatic heterocycles. The quantitative estimate of drug-likeness (QED) is 0.520. The number of hydrogen-bond donors (Lipinski definition) is 0. The zero-order valence-corrected chi connectivity index (χ0v) is 10.4. The monoisotopic (exact) mass is 249 g/mol. The first-order chi connectivity index (χ1) is 9.33. The first-order valence-corrected chi connectivity index (χ1v) is 6.04. The van der Waals surface area contributed by atoms with Crippen LogP contribution in [-0.4, -0.2) is 24.1 Å². The third-order valence-corrected chi connectivity index (χ3v) is 3.25. The summed E-state index contributed by atoms with van der Waals surface area (Å²) in [5, 5.41) is 5.19. The third-order valence-electron chi connectivity index (χ3n) is 3.25. The van der Waals surface area contributed by atoms with Gasteiger partial charge in [-0.2, -0.15) is 5.10 Å². The molecule has 0 aliphatic heterocycles. The highest BCUT2D eigenvalue weighted by atomic mass is 15.3. The highest BCUT2D eigenvalue weighted by Crippen LogP contribution is 2.22. The molecule has 3 heterocycles. The topological polar surface area (TPSA) is 48.0 Å². The fourth-order valence-electron chi connectivity index (χ4n) is 2.29. The van der Waals surface area contributed by atoms with Gasteiger partial charge in [0, 0.05) is 18.8 Å². The van der Waals surface area contributed by atoms with Gasteiger partial charge in [0.25, 0.3) is 0 Å². The van der Waals surface area contributed by atoms with Gasteiger partial charge in [0.15, 0.2) is 11.3 Å². The summed E-state index contributed by atoms with van der Waals surface area (Å²) in [6, 6.07) is 10.1. The van der Waals surface area contributed by atoms with Gasteiger partial charge in [-0.1, -0.05) is 30.3 Å². The Hall–Kier alpha value is -2.69. The predicted molar refractivity (Wildman–Crippen MR) is 72.7 cm³/mol. The van der Waals surface area contributed by atoms with Crippen molar-refractivity contribution in [2.75, 3.05) is 0 Å². The van der Waals surface area contributed by atoms with E-state index in [-0.39, 0.29) is 0 Å². The van der Waals surface area contributed by atoms with Crippen molar-refractivity contribution < 1.29 is 0 Å². The van der Waals surface area contributed by atoms with Gasteiger partial charge in [-0.05, 0) is 0 Å². The second-order valence-electron chi connectivity index (χ2n) is 4.47. The molecule has 92 valence electrons. The van der Waals surface area contributed by atoms with E-state index >= 15 is 0 Å². The number of benzene rings is 1. The Bertz CT molecular complexity index is 873. The molecule has 5 heteroatoms. The fourth-order valence-corrected chi connectivity index (χ4v) is 2.29. The summed E-state index contributed by atoms with van der Waals surface area (Å²) in [6.45, 7) is 0. The Morgan fingerprint density at radius 3 is 2.74 bits per heavy atom. The summed E-state index contributed by atoms with van der Waals surface area (Å²) in [5.41, 5.74) is 3.77. The Morgan fingerprint density at radius 1 is 1.05 bits per heavy atom. The molecule has 19 heavy (non-hydrogen) atoms. The Morgan fingerprint density at radius 2 is 1.89 bits per heavy atom. The zero-order chi connectivity index (χ0) is 12.8. The SMILES string of the molecule is Cn1ncc2c1ncn1cc(-c3ccccc3)nc21. The van der Waals surface area contributed by atoms with Crippen LogP contribution in [0.25, 0.3) is 27.9 Å². The predicted octanol–water partition coefficient (Wildman–Crippen LogP) is 2.28. The molecular formula is C14H11N5. The Labute approximate surface area is 109 Å². The summed E-state index contributed by atoms with van der Waals surface area (Å²) in [6.07, 6.45) is 5.57. The van der Waals surface area contributed by atoms with Crippen molar-refractivity contribution >= 4 is 16.7 Å². The van der Waals surface area contributed by atoms with Gasteiger partial charge in [0.05, 0.1) is 17.3 Å². The van der Waals surface area contributed by atoms with Crippen LogP contribution in [0.3, 0.4) is 0 Å². The van der Waals surface area contributed by atoms with E-state index < -0.39 is 0 Å². The van der Waals surface area contributed by atoms with Crippen LogP contribution in [0.4, 0.5) is 0 Å². The molecule has 0 atom stereocenters. The number of imidazole rings is 1. The van der Waals surface area contributed by atoms with Crippen LogP contribution >= 0.6 is 0 Å². The van der Waals surface area contributed by atoms with Gasteiger partial charge in [0.1, 0.15) is 6.33 Å². The molecule has 0 saturated carbocycles. The van der Waals surface area contributed by atoms with Crippen LogP contribution in [0.15, 0.2) is 49.1 Å². The summed E-state index contributed by atoms with van der Waals surface area (Å²) >= 11 is 0. The second kappa shape index (κ2) is 3.65. The number of aromatic nitrogens is 5. The molecule has 0 radical (unpaired) electrons. The van der Waals surface area contributed by atoms with E-state index in [4.69, 9.17) is 4.98 Å². The molecule has 0 aliphatic carbocycles. The average molecular weight is 249 g/mol. The highest BCUT2D eigenvalue weighted by molar-refractivity contribution is 5.89. The average Bonchev–Trinajstić information content (AvgIpc) is 3.03. The lowest BCUT2D eigenvalue weighted by Crippen LogP contribution is -1.93. The van der Waals surface area contributed by atoms with Crippen molar-refractivity contribution in [3.63, 3.8) is 0 Å². The fraction of sp³-hybridized carbons (Fsp3) is 0.0714. The molecule has 0 fully saturated rings. The smallest absolute Gasteiger partial charge is 0.162 e. The summed E-state index contributed by atoms with van der Waals surface area (Å²) in [5.74, 6) is 0. The van der Waals surface area contributed by atoms with E-state index in [1.54, 1.807) is 17.2 Å². The molecule has 4 rings (SSSR count). The van der Waals surface area contributed by atoms with Gasteiger partial charge < -0.3 is 0 Å². The molecular weight excluding hydrogens is 238 g/mol.